The molecule has 0 radical (unpaired) electrons. The van der Waals surface area contributed by atoms with Gasteiger partial charge in [0.05, 0.1) is 11.5 Å². The van der Waals surface area contributed by atoms with Crippen LogP contribution in [0.1, 0.15) is 44.9 Å². The second-order valence-corrected chi connectivity index (χ2v) is 7.68. The Hall–Kier alpha value is -0.260. The van der Waals surface area contributed by atoms with E-state index < -0.39 is 5.97 Å². The lowest BCUT2D eigenvalue weighted by atomic mass is 9.84. The van der Waals surface area contributed by atoms with Gasteiger partial charge in [0.25, 0.3) is 0 Å². The molecule has 5 heteroatoms. The lowest BCUT2D eigenvalue weighted by Crippen LogP contribution is -2.50. The number of ether oxygens (including phenoxy) is 1. The van der Waals surface area contributed by atoms with E-state index in [1.54, 1.807) is 0 Å². The molecule has 2 aliphatic heterocycles. The molecular formula is C15H25NO3S. The van der Waals surface area contributed by atoms with Gasteiger partial charge in [-0.2, -0.15) is 11.8 Å². The molecule has 0 bridgehead atoms. The molecule has 2 heterocycles. The Morgan fingerprint density at radius 1 is 1.20 bits per heavy atom. The number of hydrogen-bond donors (Lipinski definition) is 2. The van der Waals surface area contributed by atoms with E-state index >= 15 is 0 Å². The summed E-state index contributed by atoms with van der Waals surface area (Å²) in [6.45, 7) is 0.878. The average Bonchev–Trinajstić information content (AvgIpc) is 2.87. The van der Waals surface area contributed by atoms with Gasteiger partial charge in [-0.3, -0.25) is 4.79 Å². The molecule has 2 saturated heterocycles. The van der Waals surface area contributed by atoms with E-state index in [0.717, 1.165) is 50.9 Å². The summed E-state index contributed by atoms with van der Waals surface area (Å²) < 4.78 is 6.06. The molecule has 2 N–H and O–H groups in total. The van der Waals surface area contributed by atoms with Gasteiger partial charge in [0.1, 0.15) is 0 Å². The summed E-state index contributed by atoms with van der Waals surface area (Å²) in [4.78, 5) is 11.0. The minimum Gasteiger partial charge on any atom is -0.481 e. The van der Waals surface area contributed by atoms with Crippen LogP contribution in [0, 0.1) is 5.92 Å². The van der Waals surface area contributed by atoms with Crippen molar-refractivity contribution < 1.29 is 14.6 Å². The summed E-state index contributed by atoms with van der Waals surface area (Å²) >= 11 is 2.01. The normalized spacial score (nSPS) is 41.9. The molecule has 3 aliphatic rings. The summed E-state index contributed by atoms with van der Waals surface area (Å²) in [5, 5.41) is 12.8. The number of aliphatic carboxylic acids is 1. The Labute approximate surface area is 125 Å². The minimum absolute atomic E-state index is 0.111. The van der Waals surface area contributed by atoms with Crippen molar-refractivity contribution in [2.75, 3.05) is 18.1 Å². The van der Waals surface area contributed by atoms with Crippen LogP contribution in [-0.2, 0) is 9.53 Å². The number of hydrogen-bond acceptors (Lipinski definition) is 4. The standard InChI is InChI=1S/C15H25NO3S/c17-14(18)11-1-3-12(4-2-11)16-13-5-7-19-15(9-13)6-8-20-10-15/h11-13,16H,1-10H2,(H,17,18). The van der Waals surface area contributed by atoms with Crippen molar-refractivity contribution in [2.45, 2.75) is 62.6 Å². The quantitative estimate of drug-likeness (QED) is 0.837. The molecule has 3 fully saturated rings. The van der Waals surface area contributed by atoms with Gasteiger partial charge in [0, 0.05) is 24.4 Å². The minimum atomic E-state index is -0.614. The maximum atomic E-state index is 11.0. The van der Waals surface area contributed by atoms with Crippen molar-refractivity contribution in [3.8, 4) is 0 Å². The molecule has 3 rings (SSSR count). The molecule has 0 aromatic heterocycles. The second kappa shape index (κ2) is 6.24. The molecule has 114 valence electrons. The van der Waals surface area contributed by atoms with Gasteiger partial charge < -0.3 is 15.2 Å². The third-order valence-corrected chi connectivity index (χ3v) is 6.33. The Kier molecular flexibility index (Phi) is 4.58. The van der Waals surface area contributed by atoms with E-state index in [1.165, 1.54) is 12.2 Å². The van der Waals surface area contributed by atoms with Gasteiger partial charge in [0.2, 0.25) is 0 Å². The van der Waals surface area contributed by atoms with Crippen molar-refractivity contribution in [1.29, 1.82) is 0 Å². The number of carboxylic acid groups (broad SMARTS) is 1. The Morgan fingerprint density at radius 3 is 2.65 bits per heavy atom. The van der Waals surface area contributed by atoms with E-state index in [0.29, 0.717) is 12.1 Å². The Balaban J connectivity index is 1.47. The number of rotatable bonds is 3. The summed E-state index contributed by atoms with van der Waals surface area (Å²) in [6, 6.07) is 1.08. The lowest BCUT2D eigenvalue weighted by molar-refractivity contribution is -0.142. The smallest absolute Gasteiger partial charge is 0.306 e. The third kappa shape index (κ3) is 3.31. The zero-order valence-electron chi connectivity index (χ0n) is 12.0. The first kappa shape index (κ1) is 14.7. The zero-order valence-corrected chi connectivity index (χ0v) is 12.8. The van der Waals surface area contributed by atoms with Crippen LogP contribution in [0.25, 0.3) is 0 Å². The van der Waals surface area contributed by atoms with Crippen LogP contribution in [0.15, 0.2) is 0 Å². The highest BCUT2D eigenvalue weighted by molar-refractivity contribution is 7.99. The molecule has 0 aromatic carbocycles. The summed E-state index contributed by atoms with van der Waals surface area (Å²) in [7, 11) is 0. The van der Waals surface area contributed by atoms with Crippen molar-refractivity contribution in [3.05, 3.63) is 0 Å². The second-order valence-electron chi connectivity index (χ2n) is 6.58. The maximum absolute atomic E-state index is 11.0. The van der Waals surface area contributed by atoms with Crippen LogP contribution < -0.4 is 5.32 Å². The highest BCUT2D eigenvalue weighted by Gasteiger charge is 2.41. The van der Waals surface area contributed by atoms with E-state index in [1.807, 2.05) is 11.8 Å². The summed E-state index contributed by atoms with van der Waals surface area (Å²) in [5.41, 5.74) is 0.138. The molecule has 1 saturated carbocycles. The molecule has 2 unspecified atom stereocenters. The Morgan fingerprint density at radius 2 is 2.00 bits per heavy atom. The van der Waals surface area contributed by atoms with Crippen molar-refractivity contribution in [3.63, 3.8) is 0 Å². The van der Waals surface area contributed by atoms with Crippen LogP contribution in [0.5, 0.6) is 0 Å². The van der Waals surface area contributed by atoms with Gasteiger partial charge in [0.15, 0.2) is 0 Å². The molecular weight excluding hydrogens is 274 g/mol. The summed E-state index contributed by atoms with van der Waals surface area (Å²) in [5.74, 6) is 1.66. The van der Waals surface area contributed by atoms with Gasteiger partial charge in [-0.25, -0.2) is 0 Å². The van der Waals surface area contributed by atoms with Crippen LogP contribution in [0.3, 0.4) is 0 Å². The maximum Gasteiger partial charge on any atom is 0.306 e. The zero-order chi connectivity index (χ0) is 14.0. The fraction of sp³-hybridized carbons (Fsp3) is 0.933. The largest absolute Gasteiger partial charge is 0.481 e. The van der Waals surface area contributed by atoms with Crippen LogP contribution in [0.2, 0.25) is 0 Å². The van der Waals surface area contributed by atoms with Gasteiger partial charge >= 0.3 is 5.97 Å². The first-order chi connectivity index (χ1) is 9.67. The average molecular weight is 299 g/mol. The first-order valence-electron chi connectivity index (χ1n) is 7.87. The number of thioether (sulfide) groups is 1. The molecule has 1 aliphatic carbocycles. The fourth-order valence-electron chi connectivity index (χ4n) is 3.87. The van der Waals surface area contributed by atoms with Crippen LogP contribution in [-0.4, -0.2) is 46.9 Å². The van der Waals surface area contributed by atoms with E-state index in [-0.39, 0.29) is 11.5 Å². The molecule has 1 spiro atoms. The van der Waals surface area contributed by atoms with Gasteiger partial charge in [-0.05, 0) is 50.7 Å². The van der Waals surface area contributed by atoms with Crippen molar-refractivity contribution in [2.24, 2.45) is 5.92 Å². The molecule has 0 amide bonds. The van der Waals surface area contributed by atoms with E-state index in [4.69, 9.17) is 9.84 Å². The summed E-state index contributed by atoms with van der Waals surface area (Å²) in [6.07, 6.45) is 7.12. The van der Waals surface area contributed by atoms with Crippen molar-refractivity contribution in [1.82, 2.24) is 5.32 Å². The highest BCUT2D eigenvalue weighted by Crippen LogP contribution is 2.38. The molecule has 2 atom stereocenters. The van der Waals surface area contributed by atoms with E-state index in [9.17, 15) is 4.79 Å². The van der Waals surface area contributed by atoms with E-state index in [2.05, 4.69) is 5.32 Å². The third-order valence-electron chi connectivity index (χ3n) is 5.11. The van der Waals surface area contributed by atoms with Gasteiger partial charge in [-0.1, -0.05) is 0 Å². The fourth-order valence-corrected chi connectivity index (χ4v) is 5.25. The van der Waals surface area contributed by atoms with Gasteiger partial charge in [-0.15, -0.1) is 0 Å². The van der Waals surface area contributed by atoms with Crippen LogP contribution >= 0.6 is 11.8 Å². The first-order valence-corrected chi connectivity index (χ1v) is 9.03. The Bertz CT molecular complexity index is 349. The topological polar surface area (TPSA) is 58.6 Å². The predicted molar refractivity (Wildman–Crippen MR) is 80.2 cm³/mol. The number of carboxylic acids is 1. The van der Waals surface area contributed by atoms with Crippen molar-refractivity contribution >= 4 is 17.7 Å². The molecule has 20 heavy (non-hydrogen) atoms. The SMILES string of the molecule is O=C(O)C1CCC(NC2CCOC3(CCSC3)C2)CC1. The number of carbonyl (C=O) groups is 1. The highest BCUT2D eigenvalue weighted by atomic mass is 32.2. The molecule has 0 aromatic rings. The molecule has 4 nitrogen and oxygen atoms in total. The lowest BCUT2D eigenvalue weighted by Gasteiger charge is -2.40. The predicted octanol–water partition coefficient (Wildman–Crippen LogP) is 2.27. The van der Waals surface area contributed by atoms with Crippen LogP contribution in [0.4, 0.5) is 0 Å². The number of nitrogens with one attached hydrogen (secondary N) is 1. The monoisotopic (exact) mass is 299 g/mol.